The minimum absolute atomic E-state index is 0.263. The number of amides is 2. The first kappa shape index (κ1) is 21.1. The van der Waals surface area contributed by atoms with E-state index in [0.717, 1.165) is 44.7 Å². The van der Waals surface area contributed by atoms with E-state index < -0.39 is 0 Å². The third kappa shape index (κ3) is 4.21. The molecule has 2 heterocycles. The van der Waals surface area contributed by atoms with E-state index in [1.165, 1.54) is 4.90 Å². The van der Waals surface area contributed by atoms with Crippen molar-refractivity contribution in [2.75, 3.05) is 44.2 Å². The minimum atomic E-state index is -0.281. The van der Waals surface area contributed by atoms with Gasteiger partial charge in [0.2, 0.25) is 0 Å². The van der Waals surface area contributed by atoms with Gasteiger partial charge in [-0.05, 0) is 30.7 Å². The molecule has 0 unspecified atom stereocenters. The van der Waals surface area contributed by atoms with Gasteiger partial charge in [-0.3, -0.25) is 9.59 Å². The van der Waals surface area contributed by atoms with Crippen LogP contribution in [0.3, 0.4) is 0 Å². The molecule has 162 valence electrons. The zero-order valence-corrected chi connectivity index (χ0v) is 18.2. The fourth-order valence-electron chi connectivity index (χ4n) is 4.13. The molecule has 2 amide bonds. The number of anilines is 1. The maximum Gasteiger partial charge on any atom is 0.282 e. The summed E-state index contributed by atoms with van der Waals surface area (Å²) in [5.41, 5.74) is 2.30. The van der Waals surface area contributed by atoms with Gasteiger partial charge in [-0.25, -0.2) is 4.90 Å². The fourth-order valence-corrected chi connectivity index (χ4v) is 4.13. The minimum Gasteiger partial charge on any atom is -0.494 e. The number of benzene rings is 2. The molecule has 1 saturated heterocycles. The normalized spacial score (nSPS) is 17.6. The van der Waals surface area contributed by atoms with E-state index in [1.54, 1.807) is 12.1 Å². The van der Waals surface area contributed by atoms with Gasteiger partial charge in [-0.2, -0.15) is 0 Å². The molecule has 6 nitrogen and oxygen atoms in total. The van der Waals surface area contributed by atoms with E-state index in [4.69, 9.17) is 4.74 Å². The predicted molar refractivity (Wildman–Crippen MR) is 122 cm³/mol. The average Bonchev–Trinajstić information content (AvgIpc) is 3.08. The molecule has 0 N–H and O–H groups in total. The van der Waals surface area contributed by atoms with Gasteiger partial charge in [0.1, 0.15) is 11.4 Å². The second-order valence-electron chi connectivity index (χ2n) is 7.80. The van der Waals surface area contributed by atoms with Crippen LogP contribution >= 0.6 is 0 Å². The van der Waals surface area contributed by atoms with E-state index in [9.17, 15) is 9.59 Å². The third-order valence-corrected chi connectivity index (χ3v) is 5.81. The molecule has 0 bridgehead atoms. The van der Waals surface area contributed by atoms with E-state index in [-0.39, 0.29) is 11.8 Å². The van der Waals surface area contributed by atoms with Crippen LogP contribution in [0.1, 0.15) is 25.8 Å². The van der Waals surface area contributed by atoms with Crippen molar-refractivity contribution in [1.29, 1.82) is 0 Å². The number of imide groups is 1. The second-order valence-corrected chi connectivity index (χ2v) is 7.80. The highest BCUT2D eigenvalue weighted by molar-refractivity contribution is 6.45. The van der Waals surface area contributed by atoms with Gasteiger partial charge >= 0.3 is 0 Å². The highest BCUT2D eigenvalue weighted by atomic mass is 16.5. The van der Waals surface area contributed by atoms with E-state index in [0.29, 0.717) is 29.3 Å². The number of rotatable bonds is 7. The summed E-state index contributed by atoms with van der Waals surface area (Å²) in [6.07, 6.45) is 0.888. The summed E-state index contributed by atoms with van der Waals surface area (Å²) in [7, 11) is 0. The number of hydrogen-bond acceptors (Lipinski definition) is 5. The Morgan fingerprint density at radius 1 is 0.871 bits per heavy atom. The molecule has 1 fully saturated rings. The van der Waals surface area contributed by atoms with Crippen LogP contribution in [0.25, 0.3) is 5.57 Å². The number of carbonyl (C=O) groups is 2. The molecular weight excluding hydrogens is 390 g/mol. The summed E-state index contributed by atoms with van der Waals surface area (Å²) in [4.78, 5) is 32.9. The molecule has 4 rings (SSSR count). The van der Waals surface area contributed by atoms with Crippen LogP contribution in [0.5, 0.6) is 5.75 Å². The Labute approximate surface area is 183 Å². The van der Waals surface area contributed by atoms with Gasteiger partial charge < -0.3 is 14.5 Å². The predicted octanol–water partition coefficient (Wildman–Crippen LogP) is 3.40. The molecule has 6 heteroatoms. The number of hydrogen-bond donors (Lipinski definition) is 0. The Hall–Kier alpha value is -3.12. The first-order valence-electron chi connectivity index (χ1n) is 11.0. The number of ether oxygens (including phenoxy) is 1. The van der Waals surface area contributed by atoms with Crippen molar-refractivity contribution in [3.63, 3.8) is 0 Å². The first-order valence-corrected chi connectivity index (χ1v) is 11.0. The lowest BCUT2D eigenvalue weighted by atomic mass is 10.0. The lowest BCUT2D eigenvalue weighted by molar-refractivity contribution is -0.120. The quantitative estimate of drug-likeness (QED) is 0.644. The van der Waals surface area contributed by atoms with Crippen molar-refractivity contribution in [3.05, 3.63) is 65.9 Å². The van der Waals surface area contributed by atoms with Crippen LogP contribution in [0.4, 0.5) is 5.69 Å². The molecule has 2 aromatic carbocycles. The van der Waals surface area contributed by atoms with Gasteiger partial charge in [0.25, 0.3) is 11.8 Å². The van der Waals surface area contributed by atoms with Gasteiger partial charge in [-0.1, -0.05) is 50.2 Å². The van der Waals surface area contributed by atoms with Crippen LogP contribution < -0.4 is 9.64 Å². The Kier molecular flexibility index (Phi) is 6.37. The van der Waals surface area contributed by atoms with Crippen molar-refractivity contribution in [3.8, 4) is 5.75 Å². The Morgan fingerprint density at radius 3 is 2.29 bits per heavy atom. The van der Waals surface area contributed by atoms with E-state index >= 15 is 0 Å². The molecule has 2 aliphatic rings. The summed E-state index contributed by atoms with van der Waals surface area (Å²) in [6, 6.07) is 16.7. The molecule has 0 radical (unpaired) electrons. The molecule has 0 atom stereocenters. The van der Waals surface area contributed by atoms with Crippen molar-refractivity contribution >= 4 is 23.1 Å². The monoisotopic (exact) mass is 419 g/mol. The van der Waals surface area contributed by atoms with Gasteiger partial charge in [0.15, 0.2) is 0 Å². The highest BCUT2D eigenvalue weighted by Gasteiger charge is 2.43. The van der Waals surface area contributed by atoms with Crippen LogP contribution in [-0.4, -0.2) is 60.9 Å². The number of piperazine rings is 1. The van der Waals surface area contributed by atoms with Crippen molar-refractivity contribution in [2.45, 2.75) is 20.3 Å². The smallest absolute Gasteiger partial charge is 0.282 e. The molecule has 0 aliphatic carbocycles. The number of carbonyl (C=O) groups excluding carboxylic acids is 2. The topological polar surface area (TPSA) is 53.1 Å². The fraction of sp³-hybridized carbons (Fsp3) is 0.360. The molecule has 2 aliphatic heterocycles. The lowest BCUT2D eigenvalue weighted by Crippen LogP contribution is -2.47. The maximum atomic E-state index is 13.6. The van der Waals surface area contributed by atoms with Crippen LogP contribution in [0.15, 0.2) is 60.3 Å². The molecule has 0 saturated carbocycles. The summed E-state index contributed by atoms with van der Waals surface area (Å²) in [5, 5.41) is 0. The molecule has 0 spiro atoms. The zero-order chi connectivity index (χ0) is 21.8. The summed E-state index contributed by atoms with van der Waals surface area (Å²) in [5.74, 6) is 0.115. The van der Waals surface area contributed by atoms with Crippen molar-refractivity contribution in [1.82, 2.24) is 9.80 Å². The van der Waals surface area contributed by atoms with Crippen molar-refractivity contribution < 1.29 is 14.3 Å². The molecular formula is C25H29N3O3. The standard InChI is InChI=1S/C25H29N3O3/c1-3-17-31-21-12-8-11-20(18-21)28-24(29)22(19-9-6-5-7-10-19)23(25(28)30)27-15-13-26(4-2)14-16-27/h5-12,18H,3-4,13-17H2,1-2H3. The van der Waals surface area contributed by atoms with Gasteiger partial charge in [0.05, 0.1) is 17.9 Å². The molecule has 0 aromatic heterocycles. The number of nitrogens with zero attached hydrogens (tertiary/aromatic N) is 3. The van der Waals surface area contributed by atoms with Gasteiger partial charge in [0, 0.05) is 32.2 Å². The second kappa shape index (κ2) is 9.35. The van der Waals surface area contributed by atoms with Crippen LogP contribution in [0, 0.1) is 0 Å². The largest absolute Gasteiger partial charge is 0.494 e. The molecule has 31 heavy (non-hydrogen) atoms. The Morgan fingerprint density at radius 2 is 1.61 bits per heavy atom. The maximum absolute atomic E-state index is 13.6. The zero-order valence-electron chi connectivity index (χ0n) is 18.2. The first-order chi connectivity index (χ1) is 15.1. The van der Waals surface area contributed by atoms with E-state index in [2.05, 4.69) is 16.7 Å². The van der Waals surface area contributed by atoms with Crippen LogP contribution in [-0.2, 0) is 9.59 Å². The SMILES string of the molecule is CCCOc1cccc(N2C(=O)C(c3ccccc3)=C(N3CCN(CC)CC3)C2=O)c1. The summed E-state index contributed by atoms with van der Waals surface area (Å²) >= 11 is 0. The third-order valence-electron chi connectivity index (χ3n) is 5.81. The average molecular weight is 420 g/mol. The lowest BCUT2D eigenvalue weighted by Gasteiger charge is -2.36. The summed E-state index contributed by atoms with van der Waals surface area (Å²) < 4.78 is 5.73. The highest BCUT2D eigenvalue weighted by Crippen LogP contribution is 2.36. The van der Waals surface area contributed by atoms with Crippen molar-refractivity contribution in [2.24, 2.45) is 0 Å². The van der Waals surface area contributed by atoms with Gasteiger partial charge in [-0.15, -0.1) is 0 Å². The Balaban J connectivity index is 1.71. The van der Waals surface area contributed by atoms with Crippen LogP contribution in [0.2, 0.25) is 0 Å². The molecule has 2 aromatic rings. The Bertz CT molecular complexity index is 979. The number of likely N-dealkylation sites (N-methyl/N-ethyl adjacent to an activating group) is 1. The van der Waals surface area contributed by atoms with E-state index in [1.807, 2.05) is 49.4 Å². The summed E-state index contributed by atoms with van der Waals surface area (Å²) in [6.45, 7) is 8.97.